The zero-order valence-electron chi connectivity index (χ0n) is 20.6. The minimum absolute atomic E-state index is 0.148. The van der Waals surface area contributed by atoms with Crippen molar-refractivity contribution in [2.45, 2.75) is 13.8 Å². The van der Waals surface area contributed by atoms with Gasteiger partial charge in [-0.15, -0.1) is 0 Å². The number of halogens is 1. The number of benzene rings is 3. The summed E-state index contributed by atoms with van der Waals surface area (Å²) in [6.07, 6.45) is 0. The summed E-state index contributed by atoms with van der Waals surface area (Å²) in [6.45, 7) is 7.47. The van der Waals surface area contributed by atoms with Crippen molar-refractivity contribution in [2.75, 3.05) is 43.9 Å². The van der Waals surface area contributed by atoms with E-state index in [1.807, 2.05) is 30.3 Å². The molecule has 3 aromatic carbocycles. The monoisotopic (exact) mass is 554 g/mol. The predicted molar refractivity (Wildman–Crippen MR) is 146 cm³/mol. The SMILES string of the molecule is CCN(CC)CCNC(=O)c1ccc(NC(=O)Nc2cc(Br)c(Oc3ccccc3)cc2OC)cc1. The van der Waals surface area contributed by atoms with Crippen LogP contribution < -0.4 is 25.4 Å². The molecule has 0 spiro atoms. The number of nitrogens with zero attached hydrogens (tertiary/aromatic N) is 1. The number of nitrogens with one attached hydrogen (secondary N) is 3. The van der Waals surface area contributed by atoms with Crippen LogP contribution in [0.4, 0.5) is 16.2 Å². The molecule has 0 saturated carbocycles. The molecule has 0 bridgehead atoms. The first-order chi connectivity index (χ1) is 17.4. The Morgan fingerprint density at radius 2 is 1.61 bits per heavy atom. The molecular formula is C27H31BrN4O4. The first kappa shape index (κ1) is 27.0. The third-order valence-electron chi connectivity index (χ3n) is 5.49. The van der Waals surface area contributed by atoms with E-state index in [0.717, 1.165) is 19.6 Å². The summed E-state index contributed by atoms with van der Waals surface area (Å²) in [7, 11) is 1.52. The van der Waals surface area contributed by atoms with E-state index in [9.17, 15) is 9.59 Å². The second-order valence-corrected chi connectivity index (χ2v) is 8.69. The smallest absolute Gasteiger partial charge is 0.323 e. The number of hydrogen-bond acceptors (Lipinski definition) is 5. The van der Waals surface area contributed by atoms with Gasteiger partial charge in [-0.2, -0.15) is 0 Å². The van der Waals surface area contributed by atoms with Crippen molar-refractivity contribution in [3.63, 3.8) is 0 Å². The molecule has 3 N–H and O–H groups in total. The van der Waals surface area contributed by atoms with Crippen LogP contribution in [0.25, 0.3) is 0 Å². The highest BCUT2D eigenvalue weighted by atomic mass is 79.9. The lowest BCUT2D eigenvalue weighted by Crippen LogP contribution is -2.34. The summed E-state index contributed by atoms with van der Waals surface area (Å²) in [6, 6.07) is 19.0. The number of anilines is 2. The Morgan fingerprint density at radius 1 is 0.917 bits per heavy atom. The molecule has 0 aliphatic heterocycles. The van der Waals surface area contributed by atoms with Crippen LogP contribution in [0.5, 0.6) is 17.2 Å². The van der Waals surface area contributed by atoms with Crippen molar-refractivity contribution in [3.8, 4) is 17.2 Å². The van der Waals surface area contributed by atoms with Crippen LogP contribution in [-0.4, -0.2) is 50.1 Å². The van der Waals surface area contributed by atoms with Crippen molar-refractivity contribution in [1.82, 2.24) is 10.2 Å². The van der Waals surface area contributed by atoms with Crippen LogP contribution >= 0.6 is 15.9 Å². The van der Waals surface area contributed by atoms with Gasteiger partial charge >= 0.3 is 6.03 Å². The number of hydrogen-bond donors (Lipinski definition) is 3. The lowest BCUT2D eigenvalue weighted by atomic mass is 10.2. The third-order valence-corrected chi connectivity index (χ3v) is 6.11. The number of methoxy groups -OCH3 is 1. The molecule has 3 aromatic rings. The average molecular weight is 555 g/mol. The molecule has 190 valence electrons. The molecule has 8 nitrogen and oxygen atoms in total. The van der Waals surface area contributed by atoms with Crippen molar-refractivity contribution < 1.29 is 19.1 Å². The number of likely N-dealkylation sites (N-methyl/N-ethyl adjacent to an activating group) is 1. The van der Waals surface area contributed by atoms with E-state index < -0.39 is 6.03 Å². The Kier molecular flexibility index (Phi) is 10.1. The second kappa shape index (κ2) is 13.5. The van der Waals surface area contributed by atoms with E-state index in [1.165, 1.54) is 7.11 Å². The maximum absolute atomic E-state index is 12.6. The number of rotatable bonds is 11. The highest BCUT2D eigenvalue weighted by Gasteiger charge is 2.14. The maximum atomic E-state index is 12.6. The molecule has 0 unspecified atom stereocenters. The van der Waals surface area contributed by atoms with Gasteiger partial charge in [0.2, 0.25) is 0 Å². The normalized spacial score (nSPS) is 10.6. The fourth-order valence-electron chi connectivity index (χ4n) is 3.45. The molecule has 0 fully saturated rings. The number of amides is 3. The van der Waals surface area contributed by atoms with E-state index in [2.05, 4.69) is 50.6 Å². The van der Waals surface area contributed by atoms with Gasteiger partial charge in [0.15, 0.2) is 0 Å². The van der Waals surface area contributed by atoms with Crippen molar-refractivity contribution >= 4 is 39.2 Å². The minimum Gasteiger partial charge on any atom is -0.494 e. The molecule has 0 aliphatic rings. The van der Waals surface area contributed by atoms with Gasteiger partial charge in [0.05, 0.1) is 17.3 Å². The average Bonchev–Trinajstić information content (AvgIpc) is 2.89. The Bertz CT molecular complexity index is 1150. The standard InChI is InChI=1S/C27H31BrN4O4/c1-4-32(5-2)16-15-29-26(33)19-11-13-20(14-12-19)30-27(34)31-23-17-22(28)24(18-25(23)35-3)36-21-9-7-6-8-10-21/h6-14,17-18H,4-5,15-16H2,1-3H3,(H,29,33)(H2,30,31,34). The van der Waals surface area contributed by atoms with Gasteiger partial charge in [-0.05, 0) is 71.5 Å². The van der Waals surface area contributed by atoms with Gasteiger partial charge in [-0.25, -0.2) is 4.79 Å². The van der Waals surface area contributed by atoms with Gasteiger partial charge in [-0.1, -0.05) is 32.0 Å². The minimum atomic E-state index is -0.451. The fraction of sp³-hybridized carbons (Fsp3) is 0.259. The number of para-hydroxylation sites is 1. The van der Waals surface area contributed by atoms with E-state index in [4.69, 9.17) is 9.47 Å². The van der Waals surface area contributed by atoms with E-state index in [0.29, 0.717) is 45.2 Å². The van der Waals surface area contributed by atoms with Gasteiger partial charge < -0.3 is 30.3 Å². The zero-order valence-corrected chi connectivity index (χ0v) is 22.2. The topological polar surface area (TPSA) is 91.9 Å². The molecule has 0 aromatic heterocycles. The van der Waals surface area contributed by atoms with Crippen LogP contribution in [0, 0.1) is 0 Å². The first-order valence-corrected chi connectivity index (χ1v) is 12.5. The second-order valence-electron chi connectivity index (χ2n) is 7.84. The highest BCUT2D eigenvalue weighted by Crippen LogP contribution is 2.38. The van der Waals surface area contributed by atoms with E-state index in [1.54, 1.807) is 36.4 Å². The molecule has 36 heavy (non-hydrogen) atoms. The predicted octanol–water partition coefficient (Wildman–Crippen LogP) is 5.97. The first-order valence-electron chi connectivity index (χ1n) is 11.7. The molecule has 9 heteroatoms. The van der Waals surface area contributed by atoms with Crippen LogP contribution in [0.15, 0.2) is 71.2 Å². The maximum Gasteiger partial charge on any atom is 0.323 e. The summed E-state index contributed by atoms with van der Waals surface area (Å²) in [5, 5.41) is 8.47. The molecule has 0 heterocycles. The molecule has 3 amide bonds. The summed E-state index contributed by atoms with van der Waals surface area (Å²) in [5.74, 6) is 1.52. The molecule has 3 rings (SSSR count). The summed E-state index contributed by atoms with van der Waals surface area (Å²) >= 11 is 3.49. The summed E-state index contributed by atoms with van der Waals surface area (Å²) in [4.78, 5) is 27.2. The largest absolute Gasteiger partial charge is 0.494 e. The third kappa shape index (κ3) is 7.73. The fourth-order valence-corrected chi connectivity index (χ4v) is 3.88. The molecule has 0 atom stereocenters. The number of carbonyl (C=O) groups is 2. The van der Waals surface area contributed by atoms with Crippen molar-refractivity contribution in [2.24, 2.45) is 0 Å². The summed E-state index contributed by atoms with van der Waals surface area (Å²) < 4.78 is 12.0. The Hall–Kier alpha value is -3.56. The number of ether oxygens (including phenoxy) is 2. The van der Waals surface area contributed by atoms with Gasteiger partial charge in [0.25, 0.3) is 5.91 Å². The van der Waals surface area contributed by atoms with E-state index >= 15 is 0 Å². The van der Waals surface area contributed by atoms with Crippen LogP contribution in [-0.2, 0) is 0 Å². The Labute approximate surface area is 220 Å². The number of urea groups is 1. The molecule has 0 radical (unpaired) electrons. The van der Waals surface area contributed by atoms with Crippen molar-refractivity contribution in [3.05, 3.63) is 76.8 Å². The Balaban J connectivity index is 1.58. The van der Waals surface area contributed by atoms with Crippen LogP contribution in [0.3, 0.4) is 0 Å². The number of carbonyl (C=O) groups excluding carboxylic acids is 2. The van der Waals surface area contributed by atoms with Gasteiger partial charge in [0, 0.05) is 30.4 Å². The van der Waals surface area contributed by atoms with Gasteiger partial charge in [0.1, 0.15) is 17.2 Å². The lowest BCUT2D eigenvalue weighted by Gasteiger charge is -2.18. The summed E-state index contributed by atoms with van der Waals surface area (Å²) in [5.41, 5.74) is 1.54. The molecular weight excluding hydrogens is 524 g/mol. The lowest BCUT2D eigenvalue weighted by molar-refractivity contribution is 0.0949. The van der Waals surface area contributed by atoms with Gasteiger partial charge in [-0.3, -0.25) is 4.79 Å². The zero-order chi connectivity index (χ0) is 25.9. The molecule has 0 aliphatic carbocycles. The molecule has 0 saturated heterocycles. The van der Waals surface area contributed by atoms with Crippen LogP contribution in [0.1, 0.15) is 24.2 Å². The Morgan fingerprint density at radius 3 is 2.25 bits per heavy atom. The highest BCUT2D eigenvalue weighted by molar-refractivity contribution is 9.10. The van der Waals surface area contributed by atoms with Crippen LogP contribution in [0.2, 0.25) is 0 Å². The quantitative estimate of drug-likeness (QED) is 0.271. The van der Waals surface area contributed by atoms with E-state index in [-0.39, 0.29) is 5.91 Å². The van der Waals surface area contributed by atoms with Crippen molar-refractivity contribution in [1.29, 1.82) is 0 Å².